The number of para-hydroxylation sites is 1. The van der Waals surface area contributed by atoms with Gasteiger partial charge in [-0.1, -0.05) is 59.6 Å². The van der Waals surface area contributed by atoms with E-state index in [1.807, 2.05) is 0 Å². The lowest BCUT2D eigenvalue weighted by atomic mass is 9.89. The highest BCUT2D eigenvalue weighted by molar-refractivity contribution is 6.33. The minimum Gasteiger partial charge on any atom is -0.496 e. The molecule has 1 unspecified atom stereocenters. The number of benzene rings is 3. The number of alkyl halides is 6. The van der Waals surface area contributed by atoms with E-state index < -0.39 is 36.1 Å². The number of hydrazone groups is 1. The van der Waals surface area contributed by atoms with Gasteiger partial charge < -0.3 is 9.84 Å². The van der Waals surface area contributed by atoms with Gasteiger partial charge in [0, 0.05) is 17.0 Å². The molecule has 0 aliphatic carbocycles. The lowest BCUT2D eigenvalue weighted by Crippen LogP contribution is -2.62. The van der Waals surface area contributed by atoms with Crippen molar-refractivity contribution in [3.05, 3.63) is 82.3 Å². The van der Waals surface area contributed by atoms with Gasteiger partial charge in [-0.2, -0.15) is 31.4 Å². The Kier molecular flexibility index (Phi) is 7.13. The molecule has 0 fully saturated rings. The van der Waals surface area contributed by atoms with E-state index in [0.717, 1.165) is 5.01 Å². The average molecular weight is 563 g/mol. The fraction of sp³-hybridized carbons (Fsp3) is 0.240. The summed E-state index contributed by atoms with van der Waals surface area (Å²) < 4.78 is 87.0. The molecule has 0 radical (unpaired) electrons. The molecule has 0 bridgehead atoms. The van der Waals surface area contributed by atoms with Crippen molar-refractivity contribution < 1.29 is 36.2 Å². The average Bonchev–Trinajstić information content (AvgIpc) is 3.28. The monoisotopic (exact) mass is 562 g/mol. The summed E-state index contributed by atoms with van der Waals surface area (Å²) in [5.74, 6) is 0.516. The molecule has 0 saturated heterocycles. The Bertz CT molecular complexity index is 1310. The van der Waals surface area contributed by atoms with Gasteiger partial charge in [0.1, 0.15) is 5.75 Å². The van der Waals surface area contributed by atoms with Crippen LogP contribution in [0.2, 0.25) is 10.0 Å². The Hall–Kier alpha value is -2.95. The number of aliphatic hydroxyl groups is 1. The molecule has 1 heterocycles. The number of hydrogen-bond acceptors (Lipinski definition) is 4. The van der Waals surface area contributed by atoms with E-state index in [4.69, 9.17) is 27.9 Å². The van der Waals surface area contributed by atoms with E-state index in [0.29, 0.717) is 27.5 Å². The molecule has 4 nitrogen and oxygen atoms in total. The van der Waals surface area contributed by atoms with Crippen LogP contribution in [0.15, 0.2) is 71.8 Å². The first-order chi connectivity index (χ1) is 17.3. The SMILES string of the molecule is COc1ccc(Cl)cc1-c1ccc(C2CC(C(O)(C(F)(F)F)C(F)(F)F)=NN2c2ccccc2Cl)cc1. The molecule has 3 aromatic rings. The third-order valence-corrected chi connectivity index (χ3v) is 6.57. The number of halogens is 8. The van der Waals surface area contributed by atoms with Gasteiger partial charge in [-0.15, -0.1) is 0 Å². The van der Waals surface area contributed by atoms with Gasteiger partial charge in [0.05, 0.1) is 29.6 Å². The second-order valence-electron chi connectivity index (χ2n) is 8.24. The number of nitrogens with zero attached hydrogens (tertiary/aromatic N) is 2. The predicted octanol–water partition coefficient (Wildman–Crippen LogP) is 7.83. The molecule has 1 aliphatic rings. The van der Waals surface area contributed by atoms with Crippen LogP contribution in [0.1, 0.15) is 18.0 Å². The number of methoxy groups -OCH3 is 1. The van der Waals surface area contributed by atoms with E-state index in [1.165, 1.54) is 25.3 Å². The van der Waals surface area contributed by atoms with Gasteiger partial charge in [-0.05, 0) is 41.5 Å². The van der Waals surface area contributed by atoms with Gasteiger partial charge in [0.25, 0.3) is 5.60 Å². The highest BCUT2D eigenvalue weighted by atomic mass is 35.5. The molecule has 3 aromatic carbocycles. The molecule has 1 atom stereocenters. The third-order valence-electron chi connectivity index (χ3n) is 6.02. The van der Waals surface area contributed by atoms with Crippen molar-refractivity contribution in [2.45, 2.75) is 30.4 Å². The van der Waals surface area contributed by atoms with Crippen molar-refractivity contribution in [1.29, 1.82) is 0 Å². The van der Waals surface area contributed by atoms with Crippen LogP contribution < -0.4 is 9.75 Å². The summed E-state index contributed by atoms with van der Waals surface area (Å²) in [7, 11) is 1.47. The highest BCUT2D eigenvalue weighted by Gasteiger charge is 2.74. The third kappa shape index (κ3) is 4.85. The first-order valence-corrected chi connectivity index (χ1v) is 11.4. The Morgan fingerprint density at radius 1 is 0.919 bits per heavy atom. The molecular weight excluding hydrogens is 545 g/mol. The van der Waals surface area contributed by atoms with Crippen LogP contribution in [-0.4, -0.2) is 35.9 Å². The van der Waals surface area contributed by atoms with Crippen LogP contribution in [0.5, 0.6) is 5.75 Å². The van der Waals surface area contributed by atoms with Crippen LogP contribution in [0.4, 0.5) is 32.0 Å². The summed E-state index contributed by atoms with van der Waals surface area (Å²) in [4.78, 5) is 0. The van der Waals surface area contributed by atoms with Crippen LogP contribution in [0.25, 0.3) is 11.1 Å². The molecule has 0 spiro atoms. The van der Waals surface area contributed by atoms with Crippen LogP contribution in [0.3, 0.4) is 0 Å². The molecule has 1 aliphatic heterocycles. The summed E-state index contributed by atoms with van der Waals surface area (Å²) in [5, 5.41) is 15.1. The normalized spacial score (nSPS) is 16.6. The van der Waals surface area contributed by atoms with Gasteiger partial charge in [-0.25, -0.2) is 0 Å². The van der Waals surface area contributed by atoms with Crippen molar-refractivity contribution in [2.24, 2.45) is 5.10 Å². The Balaban J connectivity index is 1.80. The predicted molar refractivity (Wildman–Crippen MR) is 129 cm³/mol. The summed E-state index contributed by atoms with van der Waals surface area (Å²) in [6.45, 7) is 0. The van der Waals surface area contributed by atoms with Crippen molar-refractivity contribution in [2.75, 3.05) is 12.1 Å². The Morgan fingerprint density at radius 2 is 1.54 bits per heavy atom. The zero-order valence-corrected chi connectivity index (χ0v) is 20.4. The summed E-state index contributed by atoms with van der Waals surface area (Å²) in [6.07, 6.45) is -13.0. The number of anilines is 1. The maximum atomic E-state index is 13.6. The second kappa shape index (κ2) is 9.74. The fourth-order valence-electron chi connectivity index (χ4n) is 4.13. The zero-order valence-electron chi connectivity index (χ0n) is 18.9. The first kappa shape index (κ1) is 27.1. The quantitative estimate of drug-likeness (QED) is 0.322. The molecule has 0 saturated carbocycles. The van der Waals surface area contributed by atoms with Gasteiger partial charge in [-0.3, -0.25) is 5.01 Å². The fourth-order valence-corrected chi connectivity index (χ4v) is 4.52. The Labute approximate surface area is 217 Å². The number of hydrogen-bond donors (Lipinski definition) is 1. The Morgan fingerprint density at radius 3 is 2.11 bits per heavy atom. The molecule has 0 amide bonds. The number of ether oxygens (including phenoxy) is 1. The van der Waals surface area contributed by atoms with E-state index in [9.17, 15) is 31.4 Å². The lowest BCUT2D eigenvalue weighted by Gasteiger charge is -2.32. The summed E-state index contributed by atoms with van der Waals surface area (Å²) in [6, 6.07) is 16.1. The second-order valence-corrected chi connectivity index (χ2v) is 9.08. The molecular formula is C25H18Cl2F6N2O2. The van der Waals surface area contributed by atoms with Crippen molar-refractivity contribution >= 4 is 34.6 Å². The van der Waals surface area contributed by atoms with Gasteiger partial charge >= 0.3 is 12.4 Å². The molecule has 196 valence electrons. The summed E-state index contributed by atoms with van der Waals surface area (Å²) >= 11 is 12.3. The van der Waals surface area contributed by atoms with Crippen LogP contribution in [-0.2, 0) is 0 Å². The van der Waals surface area contributed by atoms with Crippen molar-refractivity contribution in [1.82, 2.24) is 0 Å². The largest absolute Gasteiger partial charge is 0.496 e. The van der Waals surface area contributed by atoms with E-state index in [-0.39, 0.29) is 10.7 Å². The maximum absolute atomic E-state index is 13.6. The van der Waals surface area contributed by atoms with Crippen molar-refractivity contribution in [3.8, 4) is 16.9 Å². The topological polar surface area (TPSA) is 45.1 Å². The van der Waals surface area contributed by atoms with Crippen LogP contribution in [0, 0.1) is 0 Å². The molecule has 4 rings (SSSR count). The minimum atomic E-state index is -6.06. The smallest absolute Gasteiger partial charge is 0.431 e. The van der Waals surface area contributed by atoms with E-state index in [2.05, 4.69) is 5.10 Å². The van der Waals surface area contributed by atoms with Crippen molar-refractivity contribution in [3.63, 3.8) is 0 Å². The standard InChI is InChI=1S/C25H18Cl2F6N2O2/c1-37-21-11-10-16(26)12-17(21)14-6-8-15(9-7-14)20-13-22(23(36,24(28,29)30)25(31,32)33)34-35(20)19-5-3-2-4-18(19)27/h2-12,20,36H,13H2,1H3. The molecule has 1 N–H and O–H groups in total. The first-order valence-electron chi connectivity index (χ1n) is 10.7. The molecule has 0 aromatic heterocycles. The number of rotatable bonds is 5. The van der Waals surface area contributed by atoms with Gasteiger partial charge in [0.2, 0.25) is 0 Å². The molecule has 12 heteroatoms. The van der Waals surface area contributed by atoms with E-state index >= 15 is 0 Å². The zero-order chi connectivity index (χ0) is 27.2. The van der Waals surface area contributed by atoms with Gasteiger partial charge in [0.15, 0.2) is 0 Å². The maximum Gasteiger partial charge on any atom is 0.431 e. The summed E-state index contributed by atoms with van der Waals surface area (Å²) in [5.41, 5.74) is -4.92. The lowest BCUT2D eigenvalue weighted by molar-refractivity contribution is -0.338. The van der Waals surface area contributed by atoms with Crippen LogP contribution >= 0.6 is 23.2 Å². The van der Waals surface area contributed by atoms with E-state index in [1.54, 1.807) is 48.5 Å². The highest BCUT2D eigenvalue weighted by Crippen LogP contribution is 2.49. The minimum absolute atomic E-state index is 0.0559. The molecule has 37 heavy (non-hydrogen) atoms.